The molecule has 0 saturated heterocycles. The summed E-state index contributed by atoms with van der Waals surface area (Å²) in [7, 11) is -8.86. The highest BCUT2D eigenvalue weighted by molar-refractivity contribution is 7.92. The Morgan fingerprint density at radius 3 is 2.50 bits per heavy atom. The molecule has 15 heteroatoms. The molecule has 0 saturated carbocycles. The van der Waals surface area contributed by atoms with E-state index in [2.05, 4.69) is 25.3 Å². The number of nitrogens with one attached hydrogen (secondary N) is 2. The van der Waals surface area contributed by atoms with Crippen molar-refractivity contribution in [3.63, 3.8) is 0 Å². The first kappa shape index (κ1) is 25.8. The number of aliphatic hydroxyl groups excluding tert-OH is 1. The molecule has 1 atom stereocenters. The highest BCUT2D eigenvalue weighted by Crippen LogP contribution is 2.35. The van der Waals surface area contributed by atoms with Crippen molar-refractivity contribution in [1.29, 1.82) is 0 Å². The Kier molecular flexibility index (Phi) is 8.09. The standard InChI is InChI=1S/C19H26N8O5S2/c20-6-7-26-34(31,32)16-5-4-15(12-2-1-3-13(8-12)23-10-14(28)9-21)17(18(16)33(22,29)30)19-24-11-25-27-19/h1-5,8,14,23,26,28H,6-7,9-11,20-21H2,(H2,22,29,30)/t14-/m1/s1. The minimum absolute atomic E-state index is 0.00838. The molecular weight excluding hydrogens is 484 g/mol. The van der Waals surface area contributed by atoms with E-state index in [0.717, 1.165) is 6.07 Å². The van der Waals surface area contributed by atoms with Crippen LogP contribution in [0.25, 0.3) is 11.1 Å². The molecule has 1 heterocycles. The number of hydrogen-bond acceptors (Lipinski definition) is 11. The highest BCUT2D eigenvalue weighted by atomic mass is 32.2. The number of anilines is 1. The van der Waals surface area contributed by atoms with Gasteiger partial charge in [-0.1, -0.05) is 18.2 Å². The number of amidine groups is 1. The molecule has 13 nitrogen and oxygen atoms in total. The fourth-order valence-electron chi connectivity index (χ4n) is 3.26. The quantitative estimate of drug-likeness (QED) is 0.222. The second kappa shape index (κ2) is 10.6. The van der Waals surface area contributed by atoms with Crippen molar-refractivity contribution in [1.82, 2.24) is 4.72 Å². The van der Waals surface area contributed by atoms with Crippen LogP contribution >= 0.6 is 0 Å². The van der Waals surface area contributed by atoms with Crippen LogP contribution in [-0.2, 0) is 20.0 Å². The lowest BCUT2D eigenvalue weighted by atomic mass is 9.98. The van der Waals surface area contributed by atoms with Gasteiger partial charge in [0, 0.05) is 31.9 Å². The van der Waals surface area contributed by atoms with Gasteiger partial charge in [0.05, 0.1) is 11.7 Å². The van der Waals surface area contributed by atoms with Crippen molar-refractivity contribution in [2.45, 2.75) is 15.9 Å². The van der Waals surface area contributed by atoms with Crippen molar-refractivity contribution in [2.24, 2.45) is 31.8 Å². The second-order valence-electron chi connectivity index (χ2n) is 7.26. The number of azo groups is 1. The monoisotopic (exact) mass is 510 g/mol. The molecule has 0 bridgehead atoms. The van der Waals surface area contributed by atoms with E-state index in [4.69, 9.17) is 16.6 Å². The predicted molar refractivity (Wildman–Crippen MR) is 127 cm³/mol. The third-order valence-corrected chi connectivity index (χ3v) is 7.42. The molecule has 34 heavy (non-hydrogen) atoms. The van der Waals surface area contributed by atoms with Crippen LogP contribution in [0.15, 0.2) is 61.4 Å². The predicted octanol–water partition coefficient (Wildman–Crippen LogP) is -0.861. The van der Waals surface area contributed by atoms with Gasteiger partial charge >= 0.3 is 0 Å². The summed E-state index contributed by atoms with van der Waals surface area (Å²) in [5, 5.41) is 25.9. The van der Waals surface area contributed by atoms with E-state index in [1.54, 1.807) is 24.3 Å². The number of benzene rings is 2. The largest absolute Gasteiger partial charge is 0.390 e. The Labute approximate surface area is 197 Å². The lowest BCUT2D eigenvalue weighted by molar-refractivity contribution is 0.196. The summed E-state index contributed by atoms with van der Waals surface area (Å²) >= 11 is 0. The number of aliphatic imine (C=N–C) groups is 1. The first-order valence-electron chi connectivity index (χ1n) is 10.1. The van der Waals surface area contributed by atoms with Crippen LogP contribution < -0.4 is 26.6 Å². The van der Waals surface area contributed by atoms with Crippen molar-refractivity contribution in [3.8, 4) is 11.1 Å². The molecule has 184 valence electrons. The molecule has 1 aliphatic heterocycles. The van der Waals surface area contributed by atoms with E-state index in [1.807, 2.05) is 0 Å². The molecule has 9 N–H and O–H groups in total. The molecule has 3 rings (SSSR count). The average Bonchev–Trinajstić information content (AvgIpc) is 3.34. The lowest BCUT2D eigenvalue weighted by Gasteiger charge is -2.18. The van der Waals surface area contributed by atoms with Crippen LogP contribution in [0.3, 0.4) is 0 Å². The average molecular weight is 511 g/mol. The highest BCUT2D eigenvalue weighted by Gasteiger charge is 2.32. The zero-order valence-corrected chi connectivity index (χ0v) is 19.7. The summed E-state index contributed by atoms with van der Waals surface area (Å²) in [6.07, 6.45) is -0.757. The van der Waals surface area contributed by atoms with E-state index in [1.165, 1.54) is 6.07 Å². The number of rotatable bonds is 11. The smallest absolute Gasteiger partial charge is 0.241 e. The number of nitrogens with zero attached hydrogens (tertiary/aromatic N) is 3. The summed E-state index contributed by atoms with van der Waals surface area (Å²) in [5.74, 6) is -0.0631. The normalized spacial score (nSPS) is 14.8. The maximum atomic E-state index is 12.9. The Morgan fingerprint density at radius 1 is 1.12 bits per heavy atom. The lowest BCUT2D eigenvalue weighted by Crippen LogP contribution is -2.31. The van der Waals surface area contributed by atoms with E-state index < -0.39 is 35.9 Å². The van der Waals surface area contributed by atoms with Crippen LogP contribution in [0.2, 0.25) is 0 Å². The fraction of sp³-hybridized carbons (Fsp3) is 0.316. The third-order valence-electron chi connectivity index (χ3n) is 4.79. The van der Waals surface area contributed by atoms with E-state index in [9.17, 15) is 21.9 Å². The van der Waals surface area contributed by atoms with Crippen molar-refractivity contribution in [3.05, 3.63) is 42.0 Å². The zero-order chi connectivity index (χ0) is 24.9. The Hall–Kier alpha value is -2.79. The molecule has 0 amide bonds. The SMILES string of the molecule is NCCNS(=O)(=O)c1ccc(-c2cccc(NC[C@H](O)CN)c2)c(C2=NCN=N2)c1S(N)(=O)=O. The van der Waals surface area contributed by atoms with Crippen LogP contribution in [-0.4, -0.2) is 66.7 Å². The van der Waals surface area contributed by atoms with Gasteiger partial charge in [-0.05, 0) is 29.3 Å². The van der Waals surface area contributed by atoms with Gasteiger partial charge in [-0.2, -0.15) is 5.11 Å². The summed E-state index contributed by atoms with van der Waals surface area (Å²) in [6.45, 7) is 0.133. The first-order valence-corrected chi connectivity index (χ1v) is 13.2. The van der Waals surface area contributed by atoms with Crippen LogP contribution in [0.4, 0.5) is 5.69 Å². The summed E-state index contributed by atoms with van der Waals surface area (Å²) in [4.78, 5) is 2.91. The molecule has 0 spiro atoms. The third kappa shape index (κ3) is 5.82. The van der Waals surface area contributed by atoms with Crippen LogP contribution in [0, 0.1) is 0 Å². The minimum Gasteiger partial charge on any atom is -0.390 e. The van der Waals surface area contributed by atoms with Crippen LogP contribution in [0.1, 0.15) is 5.56 Å². The summed E-state index contributed by atoms with van der Waals surface area (Å²) < 4.78 is 53.4. The van der Waals surface area contributed by atoms with Gasteiger partial charge in [0.15, 0.2) is 12.5 Å². The molecule has 0 radical (unpaired) electrons. The summed E-state index contributed by atoms with van der Waals surface area (Å²) in [5.41, 5.74) is 12.2. The van der Waals surface area contributed by atoms with Crippen LogP contribution in [0.5, 0.6) is 0 Å². The van der Waals surface area contributed by atoms with E-state index in [0.29, 0.717) is 16.8 Å². The second-order valence-corrected chi connectivity index (χ2v) is 10.5. The topological polar surface area (TPSA) is 228 Å². The molecule has 0 aliphatic carbocycles. The number of nitrogens with two attached hydrogens (primary N) is 3. The molecule has 1 aliphatic rings. The van der Waals surface area contributed by atoms with Gasteiger partial charge in [-0.3, -0.25) is 0 Å². The number of aliphatic hydroxyl groups is 1. The fourth-order valence-corrected chi connectivity index (χ4v) is 5.91. The van der Waals surface area contributed by atoms with Gasteiger partial charge in [-0.15, -0.1) is 5.11 Å². The van der Waals surface area contributed by atoms with E-state index in [-0.39, 0.29) is 44.2 Å². The molecule has 2 aromatic rings. The van der Waals surface area contributed by atoms with Gasteiger partial charge in [0.1, 0.15) is 9.79 Å². The molecule has 2 aromatic carbocycles. The summed E-state index contributed by atoms with van der Waals surface area (Å²) in [6, 6.07) is 9.45. The van der Waals surface area contributed by atoms with Crippen molar-refractivity contribution < 1.29 is 21.9 Å². The molecule has 0 unspecified atom stereocenters. The Bertz CT molecular complexity index is 1330. The number of primary sulfonamides is 1. The maximum Gasteiger partial charge on any atom is 0.241 e. The maximum absolute atomic E-state index is 12.9. The van der Waals surface area contributed by atoms with Crippen molar-refractivity contribution in [2.75, 3.05) is 38.2 Å². The molecule has 0 aromatic heterocycles. The van der Waals surface area contributed by atoms with Gasteiger partial charge < -0.3 is 21.9 Å². The van der Waals surface area contributed by atoms with Gasteiger partial charge in [-0.25, -0.2) is 31.7 Å². The number of hydrogen-bond donors (Lipinski definition) is 6. The zero-order valence-electron chi connectivity index (χ0n) is 18.0. The number of sulfonamides is 2. The molecular formula is C19H26N8O5S2. The van der Waals surface area contributed by atoms with Gasteiger partial charge in [0.2, 0.25) is 20.0 Å². The van der Waals surface area contributed by atoms with Gasteiger partial charge in [0.25, 0.3) is 0 Å². The van der Waals surface area contributed by atoms with Crippen molar-refractivity contribution >= 4 is 31.6 Å². The minimum atomic E-state index is -4.57. The first-order chi connectivity index (χ1) is 16.1. The Morgan fingerprint density at radius 2 is 1.88 bits per heavy atom. The van der Waals surface area contributed by atoms with E-state index >= 15 is 0 Å². The Balaban J connectivity index is 2.25. The molecule has 0 fully saturated rings.